The Balaban J connectivity index is 0.00000289. The van der Waals surface area contributed by atoms with Crippen LogP contribution in [0.15, 0.2) is 0 Å². The number of methoxy groups -OCH3 is 1. The number of ether oxygens (including phenoxy) is 1. The van der Waals surface area contributed by atoms with E-state index in [0.717, 1.165) is 0 Å². The van der Waals surface area contributed by atoms with Crippen molar-refractivity contribution >= 4 is 18.3 Å². The van der Waals surface area contributed by atoms with Gasteiger partial charge >= 0.3 is 6.18 Å². The van der Waals surface area contributed by atoms with Gasteiger partial charge in [0.25, 0.3) is 0 Å². The highest BCUT2D eigenvalue weighted by Gasteiger charge is 2.50. The number of rotatable bonds is 4. The third-order valence-corrected chi connectivity index (χ3v) is 2.96. The van der Waals surface area contributed by atoms with Gasteiger partial charge in [-0.25, -0.2) is 0 Å². The Labute approximate surface area is 110 Å². The first-order chi connectivity index (χ1) is 7.88. The molecule has 2 atom stereocenters. The van der Waals surface area contributed by atoms with E-state index in [2.05, 4.69) is 5.32 Å². The molecule has 1 fully saturated rings. The van der Waals surface area contributed by atoms with Crippen LogP contribution >= 0.6 is 12.4 Å². The second-order valence-electron chi connectivity index (χ2n) is 4.17. The van der Waals surface area contributed by atoms with Crippen molar-refractivity contribution in [3.8, 4) is 0 Å². The first-order valence-electron chi connectivity index (χ1n) is 5.39. The number of halogens is 4. The predicted octanol–water partition coefficient (Wildman–Crippen LogP) is 0.911. The van der Waals surface area contributed by atoms with Crippen LogP contribution in [0.3, 0.4) is 0 Å². The Morgan fingerprint density at radius 3 is 2.56 bits per heavy atom. The van der Waals surface area contributed by atoms with Gasteiger partial charge in [-0.1, -0.05) is 0 Å². The molecular formula is C10H18ClF3N2O2. The summed E-state index contributed by atoms with van der Waals surface area (Å²) < 4.78 is 42.7. The summed E-state index contributed by atoms with van der Waals surface area (Å²) in [6, 6.07) is 0. The van der Waals surface area contributed by atoms with E-state index in [1.165, 1.54) is 19.1 Å². The quantitative estimate of drug-likeness (QED) is 0.837. The Morgan fingerprint density at radius 2 is 2.06 bits per heavy atom. The first kappa shape index (κ1) is 17.5. The highest BCUT2D eigenvalue weighted by Crippen LogP contribution is 2.35. The van der Waals surface area contributed by atoms with Gasteiger partial charge in [0, 0.05) is 33.8 Å². The molecule has 0 aromatic rings. The summed E-state index contributed by atoms with van der Waals surface area (Å²) in [4.78, 5) is 13.1. The molecule has 1 aliphatic rings. The second-order valence-corrected chi connectivity index (χ2v) is 4.17. The smallest absolute Gasteiger partial charge is 0.383 e. The topological polar surface area (TPSA) is 41.6 Å². The summed E-state index contributed by atoms with van der Waals surface area (Å²) in [7, 11) is 2.97. The SMILES string of the molecule is COCCN(C)C(=O)[C@@H]1CNC[C@H]1C(F)(F)F.Cl. The zero-order valence-corrected chi connectivity index (χ0v) is 11.1. The van der Waals surface area contributed by atoms with E-state index in [1.807, 2.05) is 0 Å². The predicted molar refractivity (Wildman–Crippen MR) is 62.7 cm³/mol. The maximum Gasteiger partial charge on any atom is 0.393 e. The van der Waals surface area contributed by atoms with E-state index in [9.17, 15) is 18.0 Å². The largest absolute Gasteiger partial charge is 0.393 e. The van der Waals surface area contributed by atoms with Crippen molar-refractivity contribution in [1.82, 2.24) is 10.2 Å². The van der Waals surface area contributed by atoms with Crippen LogP contribution in [0.1, 0.15) is 0 Å². The number of carbonyl (C=O) groups is 1. The van der Waals surface area contributed by atoms with Crippen LogP contribution < -0.4 is 5.32 Å². The van der Waals surface area contributed by atoms with E-state index in [-0.39, 0.29) is 25.5 Å². The molecule has 0 unspecified atom stereocenters. The molecule has 1 saturated heterocycles. The normalized spacial score (nSPS) is 23.6. The summed E-state index contributed by atoms with van der Waals surface area (Å²) in [5.41, 5.74) is 0. The lowest BCUT2D eigenvalue weighted by atomic mass is 9.94. The molecule has 1 N–H and O–H groups in total. The van der Waals surface area contributed by atoms with Gasteiger partial charge in [-0.15, -0.1) is 12.4 Å². The number of amides is 1. The van der Waals surface area contributed by atoms with Crippen LogP contribution in [0.4, 0.5) is 13.2 Å². The zero-order chi connectivity index (χ0) is 13.1. The van der Waals surface area contributed by atoms with Gasteiger partial charge in [-0.3, -0.25) is 4.79 Å². The average molecular weight is 291 g/mol. The molecule has 0 aliphatic carbocycles. The Bertz CT molecular complexity index is 276. The fourth-order valence-corrected chi connectivity index (χ4v) is 1.90. The molecule has 1 amide bonds. The lowest BCUT2D eigenvalue weighted by Gasteiger charge is -2.25. The number of hydrogen-bond acceptors (Lipinski definition) is 3. The lowest BCUT2D eigenvalue weighted by Crippen LogP contribution is -2.42. The van der Waals surface area contributed by atoms with Crippen LogP contribution in [0.2, 0.25) is 0 Å². The van der Waals surface area contributed by atoms with Gasteiger partial charge in [-0.05, 0) is 0 Å². The highest BCUT2D eigenvalue weighted by molar-refractivity contribution is 5.85. The third kappa shape index (κ3) is 4.29. The van der Waals surface area contributed by atoms with Crippen molar-refractivity contribution in [1.29, 1.82) is 0 Å². The van der Waals surface area contributed by atoms with Crippen molar-refractivity contribution in [3.63, 3.8) is 0 Å². The van der Waals surface area contributed by atoms with Gasteiger partial charge < -0.3 is 15.0 Å². The minimum Gasteiger partial charge on any atom is -0.383 e. The molecule has 8 heteroatoms. The summed E-state index contributed by atoms with van der Waals surface area (Å²) in [5.74, 6) is -3.08. The molecule has 0 aromatic heterocycles. The van der Waals surface area contributed by atoms with Crippen LogP contribution in [-0.4, -0.2) is 57.4 Å². The van der Waals surface area contributed by atoms with Crippen LogP contribution in [0.25, 0.3) is 0 Å². The number of alkyl halides is 3. The number of carbonyl (C=O) groups excluding carboxylic acids is 1. The van der Waals surface area contributed by atoms with Crippen LogP contribution in [0, 0.1) is 11.8 Å². The molecular weight excluding hydrogens is 273 g/mol. The Kier molecular flexibility index (Phi) is 6.94. The average Bonchev–Trinajstić information content (AvgIpc) is 2.73. The van der Waals surface area contributed by atoms with Gasteiger partial charge in [0.05, 0.1) is 18.4 Å². The number of nitrogens with zero attached hydrogens (tertiary/aromatic N) is 1. The fraction of sp³-hybridized carbons (Fsp3) is 0.900. The second kappa shape index (κ2) is 7.16. The molecule has 0 radical (unpaired) electrons. The van der Waals surface area contributed by atoms with Crippen molar-refractivity contribution in [2.24, 2.45) is 11.8 Å². The van der Waals surface area contributed by atoms with Gasteiger partial charge in [0.1, 0.15) is 0 Å². The summed E-state index contributed by atoms with van der Waals surface area (Å²) in [6.07, 6.45) is -4.33. The third-order valence-electron chi connectivity index (χ3n) is 2.96. The summed E-state index contributed by atoms with van der Waals surface area (Å²) in [6.45, 7) is 0.522. The number of hydrogen-bond donors (Lipinski definition) is 1. The van der Waals surface area contributed by atoms with Gasteiger partial charge in [-0.2, -0.15) is 13.2 Å². The molecule has 18 heavy (non-hydrogen) atoms. The maximum atomic E-state index is 12.7. The van der Waals surface area contributed by atoms with Gasteiger partial charge in [0.2, 0.25) is 5.91 Å². The summed E-state index contributed by atoms with van der Waals surface area (Å²) in [5, 5.41) is 2.62. The Hall–Kier alpha value is -0.530. The molecule has 0 aromatic carbocycles. The molecule has 1 rings (SSSR count). The summed E-state index contributed by atoms with van der Waals surface area (Å²) >= 11 is 0. The van der Waals surface area contributed by atoms with E-state index in [1.54, 1.807) is 0 Å². The molecule has 0 saturated carbocycles. The van der Waals surface area contributed by atoms with E-state index < -0.39 is 23.9 Å². The van der Waals surface area contributed by atoms with E-state index >= 15 is 0 Å². The molecule has 1 heterocycles. The molecule has 0 bridgehead atoms. The van der Waals surface area contributed by atoms with Crippen molar-refractivity contribution in [2.45, 2.75) is 6.18 Å². The molecule has 1 aliphatic heterocycles. The minimum atomic E-state index is -4.33. The number of likely N-dealkylation sites (N-methyl/N-ethyl adjacent to an activating group) is 1. The van der Waals surface area contributed by atoms with E-state index in [4.69, 9.17) is 4.74 Å². The van der Waals surface area contributed by atoms with Gasteiger partial charge in [0.15, 0.2) is 0 Å². The lowest BCUT2D eigenvalue weighted by molar-refractivity contribution is -0.184. The van der Waals surface area contributed by atoms with Crippen molar-refractivity contribution in [3.05, 3.63) is 0 Å². The van der Waals surface area contributed by atoms with Crippen LogP contribution in [-0.2, 0) is 9.53 Å². The van der Waals surface area contributed by atoms with E-state index in [0.29, 0.717) is 13.2 Å². The zero-order valence-electron chi connectivity index (χ0n) is 10.3. The number of nitrogens with one attached hydrogen (secondary N) is 1. The van der Waals surface area contributed by atoms with Crippen molar-refractivity contribution < 1.29 is 22.7 Å². The molecule has 0 spiro atoms. The molecule has 108 valence electrons. The Morgan fingerprint density at radius 1 is 1.44 bits per heavy atom. The molecule has 4 nitrogen and oxygen atoms in total. The van der Waals surface area contributed by atoms with Crippen LogP contribution in [0.5, 0.6) is 0 Å². The maximum absolute atomic E-state index is 12.7. The van der Waals surface area contributed by atoms with Crippen molar-refractivity contribution in [2.75, 3.05) is 40.4 Å². The fourth-order valence-electron chi connectivity index (χ4n) is 1.90. The first-order valence-corrected chi connectivity index (χ1v) is 5.39. The standard InChI is InChI=1S/C10H17F3N2O2.ClH/c1-15(3-4-17-2)9(16)7-5-14-6-8(7)10(11,12)13;/h7-8,14H,3-6H2,1-2H3;1H/t7-,8-;/m1./s1. The monoisotopic (exact) mass is 290 g/mol. The highest BCUT2D eigenvalue weighted by atomic mass is 35.5. The minimum absolute atomic E-state index is 0.